The van der Waals surface area contributed by atoms with Crippen LogP contribution in [0.25, 0.3) is 0 Å². The molecule has 2 aromatic carbocycles. The fourth-order valence-corrected chi connectivity index (χ4v) is 2.66. The standard InChI is InChI=1S/C17H18Cl2FN/c1-3-21-17(13-5-7-16(20)11(2)8-13)10-12-4-6-14(18)15(19)9-12/h4-9,17,21H,3,10H2,1-2H3. The van der Waals surface area contributed by atoms with E-state index in [4.69, 9.17) is 23.2 Å². The van der Waals surface area contributed by atoms with Crippen molar-refractivity contribution in [2.75, 3.05) is 6.54 Å². The van der Waals surface area contributed by atoms with E-state index in [1.807, 2.05) is 24.3 Å². The number of likely N-dealkylation sites (N-methyl/N-ethyl adjacent to an activating group) is 1. The Bertz CT molecular complexity index is 628. The van der Waals surface area contributed by atoms with Crippen LogP contribution in [0.3, 0.4) is 0 Å². The number of hydrogen-bond acceptors (Lipinski definition) is 1. The highest BCUT2D eigenvalue weighted by Gasteiger charge is 2.13. The Morgan fingerprint density at radius 2 is 1.86 bits per heavy atom. The molecule has 0 bridgehead atoms. The zero-order chi connectivity index (χ0) is 15.4. The Labute approximate surface area is 135 Å². The Morgan fingerprint density at radius 1 is 1.10 bits per heavy atom. The number of hydrogen-bond donors (Lipinski definition) is 1. The third kappa shape index (κ3) is 4.19. The maximum Gasteiger partial charge on any atom is 0.126 e. The molecule has 0 radical (unpaired) electrons. The molecule has 0 heterocycles. The smallest absolute Gasteiger partial charge is 0.126 e. The molecule has 0 spiro atoms. The monoisotopic (exact) mass is 325 g/mol. The molecule has 112 valence electrons. The molecule has 0 saturated heterocycles. The van der Waals surface area contributed by atoms with Gasteiger partial charge in [-0.05, 0) is 54.8 Å². The Kier molecular flexibility index (Phi) is 5.63. The Morgan fingerprint density at radius 3 is 2.48 bits per heavy atom. The van der Waals surface area contributed by atoms with Gasteiger partial charge in [0.2, 0.25) is 0 Å². The second-order valence-electron chi connectivity index (χ2n) is 5.07. The highest BCUT2D eigenvalue weighted by atomic mass is 35.5. The summed E-state index contributed by atoms with van der Waals surface area (Å²) in [5.41, 5.74) is 2.82. The molecule has 2 aromatic rings. The maximum atomic E-state index is 13.4. The summed E-state index contributed by atoms with van der Waals surface area (Å²) in [4.78, 5) is 0. The van der Waals surface area contributed by atoms with E-state index >= 15 is 0 Å². The molecule has 0 aliphatic rings. The molecule has 0 saturated carbocycles. The lowest BCUT2D eigenvalue weighted by atomic mass is 9.97. The van der Waals surface area contributed by atoms with Crippen molar-refractivity contribution in [1.29, 1.82) is 0 Å². The summed E-state index contributed by atoms with van der Waals surface area (Å²) >= 11 is 12.0. The van der Waals surface area contributed by atoms with E-state index in [1.165, 1.54) is 6.07 Å². The number of halogens is 3. The van der Waals surface area contributed by atoms with Crippen molar-refractivity contribution >= 4 is 23.2 Å². The first-order valence-corrected chi connectivity index (χ1v) is 7.70. The van der Waals surface area contributed by atoms with Gasteiger partial charge in [0, 0.05) is 6.04 Å². The molecular weight excluding hydrogens is 308 g/mol. The second-order valence-corrected chi connectivity index (χ2v) is 5.89. The van der Waals surface area contributed by atoms with Gasteiger partial charge in [-0.25, -0.2) is 4.39 Å². The minimum absolute atomic E-state index is 0.117. The molecule has 2 rings (SSSR count). The van der Waals surface area contributed by atoms with E-state index in [0.717, 1.165) is 24.1 Å². The molecule has 0 aromatic heterocycles. The van der Waals surface area contributed by atoms with Gasteiger partial charge >= 0.3 is 0 Å². The summed E-state index contributed by atoms with van der Waals surface area (Å²) in [5, 5.41) is 4.54. The first-order valence-electron chi connectivity index (χ1n) is 6.94. The van der Waals surface area contributed by atoms with Crippen LogP contribution < -0.4 is 5.32 Å². The van der Waals surface area contributed by atoms with Crippen LogP contribution in [0.4, 0.5) is 4.39 Å². The van der Waals surface area contributed by atoms with Gasteiger partial charge in [-0.1, -0.05) is 48.3 Å². The van der Waals surface area contributed by atoms with Crippen molar-refractivity contribution < 1.29 is 4.39 Å². The van der Waals surface area contributed by atoms with E-state index in [0.29, 0.717) is 15.6 Å². The van der Waals surface area contributed by atoms with Crippen LogP contribution in [0.15, 0.2) is 36.4 Å². The van der Waals surface area contributed by atoms with Gasteiger partial charge in [0.25, 0.3) is 0 Å². The minimum atomic E-state index is -0.177. The van der Waals surface area contributed by atoms with Gasteiger partial charge in [-0.2, -0.15) is 0 Å². The van der Waals surface area contributed by atoms with Gasteiger partial charge in [0.1, 0.15) is 5.82 Å². The first-order chi connectivity index (χ1) is 10.0. The van der Waals surface area contributed by atoms with Crippen molar-refractivity contribution in [1.82, 2.24) is 5.32 Å². The lowest BCUT2D eigenvalue weighted by Gasteiger charge is -2.19. The first kappa shape index (κ1) is 16.3. The van der Waals surface area contributed by atoms with Crippen LogP contribution in [0.2, 0.25) is 10.0 Å². The zero-order valence-electron chi connectivity index (χ0n) is 12.1. The van der Waals surface area contributed by atoms with Crippen molar-refractivity contribution in [3.8, 4) is 0 Å². The summed E-state index contributed by atoms with van der Waals surface area (Å²) in [6.45, 7) is 4.67. The van der Waals surface area contributed by atoms with Gasteiger partial charge in [-0.3, -0.25) is 0 Å². The van der Waals surface area contributed by atoms with E-state index < -0.39 is 0 Å². The van der Waals surface area contributed by atoms with Crippen LogP contribution in [-0.4, -0.2) is 6.54 Å². The lowest BCUT2D eigenvalue weighted by Crippen LogP contribution is -2.23. The Hall–Kier alpha value is -1.09. The van der Waals surface area contributed by atoms with E-state index in [-0.39, 0.29) is 11.9 Å². The molecule has 0 aliphatic heterocycles. The summed E-state index contributed by atoms with van der Waals surface area (Å²) in [7, 11) is 0. The molecule has 0 fully saturated rings. The molecular formula is C17H18Cl2FN. The molecule has 1 unspecified atom stereocenters. The summed E-state index contributed by atoms with van der Waals surface area (Å²) in [6, 6.07) is 11.0. The van der Waals surface area contributed by atoms with E-state index in [9.17, 15) is 4.39 Å². The van der Waals surface area contributed by atoms with Gasteiger partial charge in [-0.15, -0.1) is 0 Å². The quantitative estimate of drug-likeness (QED) is 0.782. The fourth-order valence-electron chi connectivity index (χ4n) is 2.34. The van der Waals surface area contributed by atoms with Crippen LogP contribution in [-0.2, 0) is 6.42 Å². The van der Waals surface area contributed by atoms with E-state index in [1.54, 1.807) is 13.0 Å². The molecule has 4 heteroatoms. The summed E-state index contributed by atoms with van der Waals surface area (Å²) in [6.07, 6.45) is 0.774. The zero-order valence-corrected chi connectivity index (χ0v) is 13.6. The number of benzene rings is 2. The maximum absolute atomic E-state index is 13.4. The van der Waals surface area contributed by atoms with Crippen molar-refractivity contribution in [3.63, 3.8) is 0 Å². The number of aryl methyl sites for hydroxylation is 1. The predicted octanol–water partition coefficient (Wildman–Crippen LogP) is 5.33. The third-order valence-electron chi connectivity index (χ3n) is 3.46. The second kappa shape index (κ2) is 7.26. The summed E-state index contributed by atoms with van der Waals surface area (Å²) < 4.78 is 13.4. The Balaban J connectivity index is 2.25. The van der Waals surface area contributed by atoms with Crippen molar-refractivity contribution in [2.24, 2.45) is 0 Å². The largest absolute Gasteiger partial charge is 0.310 e. The van der Waals surface area contributed by atoms with Crippen molar-refractivity contribution in [2.45, 2.75) is 26.3 Å². The van der Waals surface area contributed by atoms with Crippen LogP contribution >= 0.6 is 23.2 Å². The van der Waals surface area contributed by atoms with E-state index in [2.05, 4.69) is 12.2 Å². The highest BCUT2D eigenvalue weighted by Crippen LogP contribution is 2.26. The summed E-state index contributed by atoms with van der Waals surface area (Å²) in [5.74, 6) is -0.177. The third-order valence-corrected chi connectivity index (χ3v) is 4.20. The molecule has 1 N–H and O–H groups in total. The van der Waals surface area contributed by atoms with Crippen LogP contribution in [0.1, 0.15) is 29.7 Å². The van der Waals surface area contributed by atoms with Gasteiger partial charge in [0.05, 0.1) is 10.0 Å². The van der Waals surface area contributed by atoms with Crippen LogP contribution in [0, 0.1) is 12.7 Å². The predicted molar refractivity (Wildman–Crippen MR) is 87.7 cm³/mol. The van der Waals surface area contributed by atoms with Gasteiger partial charge in [0.15, 0.2) is 0 Å². The highest BCUT2D eigenvalue weighted by molar-refractivity contribution is 6.42. The number of rotatable bonds is 5. The average molecular weight is 326 g/mol. The average Bonchev–Trinajstić information content (AvgIpc) is 2.45. The SMILES string of the molecule is CCNC(Cc1ccc(Cl)c(Cl)c1)c1ccc(F)c(C)c1. The normalized spacial score (nSPS) is 12.4. The molecule has 1 atom stereocenters. The lowest BCUT2D eigenvalue weighted by molar-refractivity contribution is 0.546. The molecule has 0 amide bonds. The van der Waals surface area contributed by atoms with Gasteiger partial charge < -0.3 is 5.32 Å². The molecule has 0 aliphatic carbocycles. The molecule has 1 nitrogen and oxygen atoms in total. The molecule has 21 heavy (non-hydrogen) atoms. The van der Waals surface area contributed by atoms with Crippen LogP contribution in [0.5, 0.6) is 0 Å². The topological polar surface area (TPSA) is 12.0 Å². The van der Waals surface area contributed by atoms with Crippen molar-refractivity contribution in [3.05, 3.63) is 69.0 Å². The fraction of sp³-hybridized carbons (Fsp3) is 0.294. The minimum Gasteiger partial charge on any atom is -0.310 e. The number of nitrogens with one attached hydrogen (secondary N) is 1.